The zero-order valence-corrected chi connectivity index (χ0v) is 7.24. The molecule has 0 fully saturated rings. The van der Waals surface area contributed by atoms with Crippen LogP contribution in [0.1, 0.15) is 16.1 Å². The molecule has 1 heterocycles. The summed E-state index contributed by atoms with van der Waals surface area (Å²) in [6.45, 7) is 0. The van der Waals surface area contributed by atoms with E-state index in [1.54, 1.807) is 24.3 Å². The molecule has 0 radical (unpaired) electrons. The topological polar surface area (TPSA) is 82.7 Å². The van der Waals surface area contributed by atoms with Gasteiger partial charge in [0.2, 0.25) is 0 Å². The highest BCUT2D eigenvalue weighted by Gasteiger charge is 2.05. The minimum Gasteiger partial charge on any atom is -0.364 e. The van der Waals surface area contributed by atoms with Gasteiger partial charge in [0.05, 0.1) is 11.6 Å². The number of rotatable bonds is 1. The van der Waals surface area contributed by atoms with Crippen LogP contribution in [0.3, 0.4) is 0 Å². The Morgan fingerprint density at radius 1 is 1.43 bits per heavy atom. The smallest absolute Gasteiger partial charge is 0.265 e. The summed E-state index contributed by atoms with van der Waals surface area (Å²) in [5, 5.41) is 9.48. The molecule has 4 heteroatoms. The maximum atomic E-state index is 10.9. The molecule has 0 unspecified atom stereocenters. The lowest BCUT2D eigenvalue weighted by Gasteiger charge is -1.88. The number of amides is 1. The largest absolute Gasteiger partial charge is 0.364 e. The predicted molar refractivity (Wildman–Crippen MR) is 51.5 cm³/mol. The van der Waals surface area contributed by atoms with Crippen molar-refractivity contribution < 1.29 is 4.79 Å². The predicted octanol–water partition coefficient (Wildman–Crippen LogP) is 1.14. The highest BCUT2D eigenvalue weighted by Crippen LogP contribution is 2.16. The molecule has 0 bridgehead atoms. The van der Waals surface area contributed by atoms with Crippen LogP contribution >= 0.6 is 0 Å². The van der Waals surface area contributed by atoms with E-state index in [0.717, 1.165) is 10.9 Å². The Kier molecular flexibility index (Phi) is 1.72. The van der Waals surface area contributed by atoms with Crippen LogP contribution in [0.25, 0.3) is 10.9 Å². The van der Waals surface area contributed by atoms with E-state index in [4.69, 9.17) is 11.0 Å². The van der Waals surface area contributed by atoms with Gasteiger partial charge in [-0.3, -0.25) is 4.79 Å². The number of carbonyl (C=O) groups excluding carboxylic acids is 1. The number of fused-ring (bicyclic) bond motifs is 1. The summed E-state index contributed by atoms with van der Waals surface area (Å²) in [5.41, 5.74) is 6.84. The van der Waals surface area contributed by atoms with Crippen molar-refractivity contribution in [3.05, 3.63) is 35.5 Å². The van der Waals surface area contributed by atoms with Gasteiger partial charge < -0.3 is 10.7 Å². The van der Waals surface area contributed by atoms with Crippen LogP contribution in [0.4, 0.5) is 0 Å². The zero-order valence-electron chi connectivity index (χ0n) is 7.24. The Labute approximate surface area is 79.9 Å². The molecule has 1 aromatic heterocycles. The lowest BCUT2D eigenvalue weighted by Crippen LogP contribution is -2.10. The average Bonchev–Trinajstić information content (AvgIpc) is 2.59. The number of nitrogens with zero attached hydrogens (tertiary/aromatic N) is 1. The van der Waals surface area contributed by atoms with Gasteiger partial charge >= 0.3 is 0 Å². The van der Waals surface area contributed by atoms with Crippen LogP contribution < -0.4 is 5.73 Å². The molecule has 0 aliphatic rings. The fraction of sp³-hybridized carbons (Fsp3) is 0. The van der Waals surface area contributed by atoms with Gasteiger partial charge in [-0.15, -0.1) is 0 Å². The number of benzene rings is 1. The van der Waals surface area contributed by atoms with Crippen LogP contribution in [-0.4, -0.2) is 10.9 Å². The molecule has 2 rings (SSSR count). The van der Waals surface area contributed by atoms with Gasteiger partial charge in [-0.1, -0.05) is 0 Å². The molecule has 1 aromatic carbocycles. The standard InChI is InChI=1S/C10H7N3O/c11-5-6-1-2-8-7(3-6)4-9(13-8)10(12)14/h1-4,13H,(H2,12,14). The maximum absolute atomic E-state index is 10.9. The molecular formula is C10H7N3O. The lowest BCUT2D eigenvalue weighted by molar-refractivity contribution is 0.0996. The van der Waals surface area contributed by atoms with Gasteiger partial charge in [0.25, 0.3) is 5.91 Å². The van der Waals surface area contributed by atoms with E-state index in [-0.39, 0.29) is 0 Å². The van der Waals surface area contributed by atoms with Gasteiger partial charge in [-0.2, -0.15) is 5.26 Å². The summed E-state index contributed by atoms with van der Waals surface area (Å²) >= 11 is 0. The monoisotopic (exact) mass is 185 g/mol. The molecule has 2 aromatic rings. The van der Waals surface area contributed by atoms with Crippen molar-refractivity contribution in [3.63, 3.8) is 0 Å². The van der Waals surface area contributed by atoms with E-state index >= 15 is 0 Å². The molecule has 0 saturated carbocycles. The second kappa shape index (κ2) is 2.89. The molecule has 4 nitrogen and oxygen atoms in total. The van der Waals surface area contributed by atoms with Gasteiger partial charge in [-0.25, -0.2) is 0 Å². The van der Waals surface area contributed by atoms with Crippen molar-refractivity contribution in [2.75, 3.05) is 0 Å². The van der Waals surface area contributed by atoms with E-state index in [2.05, 4.69) is 4.98 Å². The van der Waals surface area contributed by atoms with Gasteiger partial charge in [0.15, 0.2) is 0 Å². The molecular weight excluding hydrogens is 178 g/mol. The van der Waals surface area contributed by atoms with Crippen LogP contribution in [0.5, 0.6) is 0 Å². The van der Waals surface area contributed by atoms with Crippen LogP contribution in [0.2, 0.25) is 0 Å². The minimum absolute atomic E-state index is 0.357. The number of hydrogen-bond acceptors (Lipinski definition) is 2. The Morgan fingerprint density at radius 3 is 2.86 bits per heavy atom. The van der Waals surface area contributed by atoms with E-state index < -0.39 is 5.91 Å². The maximum Gasteiger partial charge on any atom is 0.265 e. The second-order valence-corrected chi connectivity index (χ2v) is 2.96. The lowest BCUT2D eigenvalue weighted by atomic mass is 10.2. The quantitative estimate of drug-likeness (QED) is 0.698. The van der Waals surface area contributed by atoms with E-state index in [1.165, 1.54) is 0 Å². The zero-order chi connectivity index (χ0) is 10.1. The number of carbonyl (C=O) groups is 1. The minimum atomic E-state index is -0.500. The van der Waals surface area contributed by atoms with E-state index in [0.29, 0.717) is 11.3 Å². The first-order chi connectivity index (χ1) is 6.70. The Morgan fingerprint density at radius 2 is 2.21 bits per heavy atom. The van der Waals surface area contributed by atoms with Crippen molar-refractivity contribution in [1.82, 2.24) is 4.98 Å². The normalized spacial score (nSPS) is 9.93. The summed E-state index contributed by atoms with van der Waals surface area (Å²) in [6, 6.07) is 8.81. The molecule has 68 valence electrons. The Bertz CT molecular complexity index is 548. The van der Waals surface area contributed by atoms with Crippen molar-refractivity contribution in [3.8, 4) is 6.07 Å². The summed E-state index contributed by atoms with van der Waals surface area (Å²) in [4.78, 5) is 13.7. The van der Waals surface area contributed by atoms with Gasteiger partial charge in [0.1, 0.15) is 5.69 Å². The van der Waals surface area contributed by atoms with Crippen molar-refractivity contribution in [2.45, 2.75) is 0 Å². The molecule has 1 amide bonds. The van der Waals surface area contributed by atoms with Crippen LogP contribution in [0, 0.1) is 11.3 Å². The SMILES string of the molecule is N#Cc1ccc2[nH]c(C(N)=O)cc2c1. The first-order valence-electron chi connectivity index (χ1n) is 4.03. The summed E-state index contributed by atoms with van der Waals surface area (Å²) in [6.07, 6.45) is 0. The summed E-state index contributed by atoms with van der Waals surface area (Å²) in [7, 11) is 0. The third-order valence-corrected chi connectivity index (χ3v) is 2.02. The summed E-state index contributed by atoms with van der Waals surface area (Å²) < 4.78 is 0. The van der Waals surface area contributed by atoms with Gasteiger partial charge in [-0.05, 0) is 24.3 Å². The molecule has 14 heavy (non-hydrogen) atoms. The number of nitrogens with two attached hydrogens (primary N) is 1. The number of nitriles is 1. The van der Waals surface area contributed by atoms with E-state index in [1.807, 2.05) is 6.07 Å². The fourth-order valence-corrected chi connectivity index (χ4v) is 1.33. The number of primary amides is 1. The molecule has 0 aliphatic heterocycles. The highest BCUT2D eigenvalue weighted by molar-refractivity contribution is 5.97. The van der Waals surface area contributed by atoms with Crippen molar-refractivity contribution in [1.29, 1.82) is 5.26 Å². The number of H-pyrrole nitrogens is 1. The Hall–Kier alpha value is -2.28. The summed E-state index contributed by atoms with van der Waals surface area (Å²) in [5.74, 6) is -0.500. The first kappa shape index (κ1) is 8.32. The number of aromatic amines is 1. The van der Waals surface area contributed by atoms with Crippen molar-refractivity contribution in [2.24, 2.45) is 5.73 Å². The third kappa shape index (κ3) is 1.21. The fourth-order valence-electron chi connectivity index (χ4n) is 1.33. The number of nitrogens with one attached hydrogen (secondary N) is 1. The second-order valence-electron chi connectivity index (χ2n) is 2.96. The molecule has 3 N–H and O–H groups in total. The molecule has 0 atom stereocenters. The average molecular weight is 185 g/mol. The molecule has 0 saturated heterocycles. The third-order valence-electron chi connectivity index (χ3n) is 2.02. The van der Waals surface area contributed by atoms with Crippen LogP contribution in [-0.2, 0) is 0 Å². The number of aromatic nitrogens is 1. The van der Waals surface area contributed by atoms with Crippen LogP contribution in [0.15, 0.2) is 24.3 Å². The highest BCUT2D eigenvalue weighted by atomic mass is 16.1. The first-order valence-corrected chi connectivity index (χ1v) is 4.03. The number of hydrogen-bond donors (Lipinski definition) is 2. The van der Waals surface area contributed by atoms with E-state index in [9.17, 15) is 4.79 Å². The molecule has 0 aliphatic carbocycles. The van der Waals surface area contributed by atoms with Gasteiger partial charge in [0, 0.05) is 10.9 Å². The van der Waals surface area contributed by atoms with Crippen molar-refractivity contribution >= 4 is 16.8 Å². The molecule has 0 spiro atoms. The Balaban J connectivity index is 2.67.